The van der Waals surface area contributed by atoms with Gasteiger partial charge in [0.05, 0.1) is 17.8 Å². The van der Waals surface area contributed by atoms with Gasteiger partial charge in [-0.3, -0.25) is 4.68 Å². The second-order valence-electron chi connectivity index (χ2n) is 3.64. The molecule has 0 aliphatic rings. The van der Waals surface area contributed by atoms with E-state index in [-0.39, 0.29) is 0 Å². The lowest BCUT2D eigenvalue weighted by molar-refractivity contribution is 0.524. The van der Waals surface area contributed by atoms with Crippen molar-refractivity contribution >= 4 is 0 Å². The van der Waals surface area contributed by atoms with E-state index in [0.29, 0.717) is 6.54 Å². The Morgan fingerprint density at radius 1 is 1.40 bits per heavy atom. The van der Waals surface area contributed by atoms with Crippen LogP contribution in [0.4, 0.5) is 0 Å². The van der Waals surface area contributed by atoms with Crippen molar-refractivity contribution in [2.75, 3.05) is 0 Å². The van der Waals surface area contributed by atoms with E-state index < -0.39 is 0 Å². The van der Waals surface area contributed by atoms with Gasteiger partial charge in [0.15, 0.2) is 0 Å². The molecule has 0 aliphatic carbocycles. The third-order valence-corrected chi connectivity index (χ3v) is 2.62. The van der Waals surface area contributed by atoms with Crippen molar-refractivity contribution in [2.45, 2.75) is 20.4 Å². The first-order valence-electron chi connectivity index (χ1n) is 4.93. The Labute approximate surface area is 88.7 Å². The smallest absolute Gasteiger partial charge is 0.138 e. The van der Waals surface area contributed by atoms with Gasteiger partial charge in [0.2, 0.25) is 0 Å². The molecule has 80 valence electrons. The topological polar surface area (TPSA) is 57.0 Å². The molecule has 0 spiro atoms. The molecule has 2 aromatic rings. The monoisotopic (exact) mass is 205 g/mol. The second kappa shape index (κ2) is 3.55. The first-order valence-corrected chi connectivity index (χ1v) is 4.93. The third-order valence-electron chi connectivity index (χ3n) is 2.62. The lowest BCUT2D eigenvalue weighted by Gasteiger charge is -1.97. The van der Waals surface area contributed by atoms with Crippen LogP contribution in [0.2, 0.25) is 0 Å². The van der Waals surface area contributed by atoms with Crippen molar-refractivity contribution in [1.29, 1.82) is 0 Å². The van der Waals surface area contributed by atoms with Gasteiger partial charge in [0.25, 0.3) is 0 Å². The summed E-state index contributed by atoms with van der Waals surface area (Å²) in [5, 5.41) is 4.35. The molecule has 2 aromatic heterocycles. The summed E-state index contributed by atoms with van der Waals surface area (Å²) in [6.07, 6.45) is 0. The average molecular weight is 205 g/mol. The Balaban J connectivity index is 2.53. The molecular weight excluding hydrogens is 190 g/mol. The fraction of sp³-hybridized carbons (Fsp3) is 0.364. The number of hydrogen-bond donors (Lipinski definition) is 1. The molecule has 2 heterocycles. The fourth-order valence-electron chi connectivity index (χ4n) is 1.75. The summed E-state index contributed by atoms with van der Waals surface area (Å²) in [5.74, 6) is 1.64. The first kappa shape index (κ1) is 9.98. The maximum absolute atomic E-state index is 5.62. The molecule has 2 rings (SSSR count). The van der Waals surface area contributed by atoms with Crippen LogP contribution in [-0.4, -0.2) is 9.78 Å². The highest BCUT2D eigenvalue weighted by molar-refractivity contribution is 5.63. The average Bonchev–Trinajstić information content (AvgIpc) is 2.74. The van der Waals surface area contributed by atoms with Crippen LogP contribution in [0.15, 0.2) is 16.5 Å². The van der Waals surface area contributed by atoms with Crippen LogP contribution in [0.25, 0.3) is 11.3 Å². The van der Waals surface area contributed by atoms with E-state index in [9.17, 15) is 0 Å². The number of aromatic nitrogens is 2. The van der Waals surface area contributed by atoms with Crippen LogP contribution in [0.5, 0.6) is 0 Å². The van der Waals surface area contributed by atoms with E-state index in [1.54, 1.807) is 0 Å². The predicted molar refractivity (Wildman–Crippen MR) is 58.3 cm³/mol. The van der Waals surface area contributed by atoms with Gasteiger partial charge in [-0.1, -0.05) is 0 Å². The molecule has 0 aliphatic heterocycles. The van der Waals surface area contributed by atoms with E-state index in [2.05, 4.69) is 5.10 Å². The zero-order chi connectivity index (χ0) is 11.0. The quantitative estimate of drug-likeness (QED) is 0.812. The first-order chi connectivity index (χ1) is 7.13. The minimum absolute atomic E-state index is 0.429. The Hall–Kier alpha value is -1.55. The standard InChI is InChI=1S/C11H15N3O/c1-7-11(8(2)14(3)13-7)10-5-4-9(6-12)15-10/h4-5H,6,12H2,1-3H3. The fourth-order valence-corrected chi connectivity index (χ4v) is 1.75. The van der Waals surface area contributed by atoms with Crippen LogP contribution in [0.1, 0.15) is 17.1 Å². The molecule has 0 fully saturated rings. The van der Waals surface area contributed by atoms with Crippen molar-refractivity contribution in [2.24, 2.45) is 12.8 Å². The Morgan fingerprint density at radius 2 is 2.13 bits per heavy atom. The van der Waals surface area contributed by atoms with Crippen molar-refractivity contribution in [3.05, 3.63) is 29.3 Å². The minimum atomic E-state index is 0.429. The van der Waals surface area contributed by atoms with E-state index in [1.165, 1.54) is 0 Å². The molecular formula is C11H15N3O. The number of aryl methyl sites for hydroxylation is 2. The van der Waals surface area contributed by atoms with Gasteiger partial charge < -0.3 is 10.2 Å². The van der Waals surface area contributed by atoms with Crippen molar-refractivity contribution in [1.82, 2.24) is 9.78 Å². The van der Waals surface area contributed by atoms with Crippen molar-refractivity contribution < 1.29 is 4.42 Å². The van der Waals surface area contributed by atoms with E-state index >= 15 is 0 Å². The van der Waals surface area contributed by atoms with Gasteiger partial charge in [-0.05, 0) is 26.0 Å². The number of hydrogen-bond acceptors (Lipinski definition) is 3. The predicted octanol–water partition coefficient (Wildman–Crippen LogP) is 1.76. The third kappa shape index (κ3) is 1.57. The van der Waals surface area contributed by atoms with E-state index in [0.717, 1.165) is 28.5 Å². The maximum Gasteiger partial charge on any atom is 0.138 e. The molecule has 4 nitrogen and oxygen atoms in total. The van der Waals surface area contributed by atoms with Crippen molar-refractivity contribution in [3.8, 4) is 11.3 Å². The summed E-state index contributed by atoms with van der Waals surface area (Å²) in [5.41, 5.74) is 8.66. The lowest BCUT2D eigenvalue weighted by atomic mass is 10.1. The number of nitrogens with zero attached hydrogens (tertiary/aromatic N) is 2. The molecule has 0 amide bonds. The largest absolute Gasteiger partial charge is 0.460 e. The molecule has 0 atom stereocenters. The molecule has 4 heteroatoms. The van der Waals surface area contributed by atoms with Crippen LogP contribution in [-0.2, 0) is 13.6 Å². The van der Waals surface area contributed by atoms with Crippen LogP contribution >= 0.6 is 0 Å². The summed E-state index contributed by atoms with van der Waals surface area (Å²) in [6, 6.07) is 3.85. The maximum atomic E-state index is 5.62. The minimum Gasteiger partial charge on any atom is -0.460 e. The molecule has 0 saturated heterocycles. The second-order valence-corrected chi connectivity index (χ2v) is 3.64. The number of rotatable bonds is 2. The Morgan fingerprint density at radius 3 is 2.60 bits per heavy atom. The summed E-state index contributed by atoms with van der Waals surface area (Å²) in [4.78, 5) is 0. The van der Waals surface area contributed by atoms with Gasteiger partial charge in [0, 0.05) is 12.7 Å². The van der Waals surface area contributed by atoms with Gasteiger partial charge in [-0.2, -0.15) is 5.10 Å². The zero-order valence-electron chi connectivity index (χ0n) is 9.24. The Kier molecular flexibility index (Phi) is 2.36. The molecule has 0 aromatic carbocycles. The molecule has 0 radical (unpaired) electrons. The van der Waals surface area contributed by atoms with E-state index in [1.807, 2.05) is 37.7 Å². The lowest BCUT2D eigenvalue weighted by Crippen LogP contribution is -1.93. The summed E-state index contributed by atoms with van der Waals surface area (Å²) < 4.78 is 7.47. The summed E-state index contributed by atoms with van der Waals surface area (Å²) in [6.45, 7) is 4.44. The summed E-state index contributed by atoms with van der Waals surface area (Å²) in [7, 11) is 1.93. The van der Waals surface area contributed by atoms with E-state index in [4.69, 9.17) is 10.2 Å². The SMILES string of the molecule is Cc1nn(C)c(C)c1-c1ccc(CN)o1. The highest BCUT2D eigenvalue weighted by Crippen LogP contribution is 2.27. The highest BCUT2D eigenvalue weighted by atomic mass is 16.3. The molecule has 2 N–H and O–H groups in total. The molecule has 15 heavy (non-hydrogen) atoms. The highest BCUT2D eigenvalue weighted by Gasteiger charge is 2.14. The molecule has 0 bridgehead atoms. The number of furan rings is 1. The molecule has 0 saturated carbocycles. The van der Waals surface area contributed by atoms with Crippen LogP contribution in [0, 0.1) is 13.8 Å². The van der Waals surface area contributed by atoms with Crippen LogP contribution in [0.3, 0.4) is 0 Å². The Bertz CT molecular complexity index is 482. The molecule has 0 unspecified atom stereocenters. The number of nitrogens with two attached hydrogens (primary N) is 1. The van der Waals surface area contributed by atoms with Gasteiger partial charge in [-0.15, -0.1) is 0 Å². The normalized spacial score (nSPS) is 10.9. The summed E-state index contributed by atoms with van der Waals surface area (Å²) >= 11 is 0. The zero-order valence-corrected chi connectivity index (χ0v) is 9.24. The van der Waals surface area contributed by atoms with Gasteiger partial charge >= 0.3 is 0 Å². The van der Waals surface area contributed by atoms with Crippen molar-refractivity contribution in [3.63, 3.8) is 0 Å². The van der Waals surface area contributed by atoms with Crippen LogP contribution < -0.4 is 5.73 Å². The van der Waals surface area contributed by atoms with Gasteiger partial charge in [-0.25, -0.2) is 0 Å². The van der Waals surface area contributed by atoms with Gasteiger partial charge in [0.1, 0.15) is 11.5 Å².